The average Bonchev–Trinajstić information content (AvgIpc) is 2.96. The smallest absolute Gasteiger partial charge is 0.327 e. The average molecular weight is 405 g/mol. The molecule has 0 aliphatic carbocycles. The maximum absolute atomic E-state index is 13.1. The number of carbonyl (C=O) groups excluding carboxylic acids is 3. The molecule has 1 spiro atoms. The number of hydrogen-bond donors (Lipinski definition) is 0. The lowest BCUT2D eigenvalue weighted by Crippen LogP contribution is -2.57. The number of carbonyl (C=O) groups is 3. The minimum absolute atomic E-state index is 0.00189. The largest absolute Gasteiger partial charge is 0.338 e. The summed E-state index contributed by atoms with van der Waals surface area (Å²) in [6, 6.07) is 17.1. The minimum Gasteiger partial charge on any atom is -0.338 e. The quantitative estimate of drug-likeness (QED) is 0.733. The van der Waals surface area contributed by atoms with E-state index >= 15 is 0 Å². The van der Waals surface area contributed by atoms with E-state index in [0.717, 1.165) is 23.1 Å². The lowest BCUT2D eigenvalue weighted by atomic mass is 9.85. The second-order valence-corrected chi connectivity index (χ2v) is 8.05. The van der Waals surface area contributed by atoms with Gasteiger partial charge in [0, 0.05) is 32.2 Å². The Bertz CT molecular complexity index is 965. The van der Waals surface area contributed by atoms with Crippen LogP contribution >= 0.6 is 0 Å². The summed E-state index contributed by atoms with van der Waals surface area (Å²) in [5.41, 5.74) is 1.87. The molecule has 2 aromatic rings. The van der Waals surface area contributed by atoms with E-state index in [2.05, 4.69) is 0 Å². The zero-order valence-corrected chi connectivity index (χ0v) is 17.5. The molecule has 2 aromatic carbocycles. The zero-order valence-electron chi connectivity index (χ0n) is 17.5. The lowest BCUT2D eigenvalue weighted by Gasteiger charge is -2.42. The molecule has 2 aliphatic rings. The van der Waals surface area contributed by atoms with Gasteiger partial charge < -0.3 is 9.80 Å². The first kappa shape index (κ1) is 20.1. The van der Waals surface area contributed by atoms with Crippen LogP contribution in [0.3, 0.4) is 0 Å². The van der Waals surface area contributed by atoms with Crippen molar-refractivity contribution < 1.29 is 14.4 Å². The van der Waals surface area contributed by atoms with Crippen LogP contribution in [0, 0.1) is 0 Å². The Morgan fingerprint density at radius 1 is 0.967 bits per heavy atom. The van der Waals surface area contributed by atoms with Crippen molar-refractivity contribution in [3.05, 3.63) is 71.3 Å². The fraction of sp³-hybridized carbons (Fsp3) is 0.375. The van der Waals surface area contributed by atoms with Crippen LogP contribution in [-0.2, 0) is 17.8 Å². The second kappa shape index (κ2) is 7.94. The van der Waals surface area contributed by atoms with Gasteiger partial charge in [0.2, 0.25) is 0 Å². The zero-order chi connectivity index (χ0) is 21.3. The Labute approximate surface area is 177 Å². The maximum atomic E-state index is 13.1. The third-order valence-electron chi connectivity index (χ3n) is 6.43. The Kier molecular flexibility index (Phi) is 5.33. The van der Waals surface area contributed by atoms with E-state index in [4.69, 9.17) is 0 Å². The van der Waals surface area contributed by atoms with E-state index in [0.29, 0.717) is 32.5 Å². The van der Waals surface area contributed by atoms with Crippen LogP contribution in [0.4, 0.5) is 4.79 Å². The first-order chi connectivity index (χ1) is 14.5. The SMILES string of the molecule is CCc1ccccc1C(=O)N1CCC2(CC1)C(=O)N(C)C(=O)N2Cc1ccccc1. The summed E-state index contributed by atoms with van der Waals surface area (Å²) in [5, 5.41) is 0. The van der Waals surface area contributed by atoms with Gasteiger partial charge in [-0.1, -0.05) is 55.5 Å². The molecule has 0 atom stereocenters. The Morgan fingerprint density at radius 3 is 2.27 bits per heavy atom. The topological polar surface area (TPSA) is 60.9 Å². The first-order valence-electron chi connectivity index (χ1n) is 10.5. The number of benzene rings is 2. The highest BCUT2D eigenvalue weighted by atomic mass is 16.2. The number of nitrogens with zero attached hydrogens (tertiary/aromatic N) is 3. The molecule has 2 saturated heterocycles. The summed E-state index contributed by atoms with van der Waals surface area (Å²) in [7, 11) is 1.55. The van der Waals surface area contributed by atoms with Crippen LogP contribution < -0.4 is 0 Å². The molecule has 4 rings (SSSR count). The van der Waals surface area contributed by atoms with Crippen molar-refractivity contribution in [3.63, 3.8) is 0 Å². The van der Waals surface area contributed by atoms with E-state index in [-0.39, 0.29) is 17.8 Å². The Morgan fingerprint density at radius 2 is 1.60 bits per heavy atom. The van der Waals surface area contributed by atoms with Crippen molar-refractivity contribution >= 4 is 17.8 Å². The fourth-order valence-electron chi connectivity index (χ4n) is 4.63. The molecular weight excluding hydrogens is 378 g/mol. The van der Waals surface area contributed by atoms with Crippen molar-refractivity contribution in [2.75, 3.05) is 20.1 Å². The highest BCUT2D eigenvalue weighted by Gasteiger charge is 2.57. The molecule has 0 aromatic heterocycles. The number of rotatable bonds is 4. The molecule has 6 heteroatoms. The molecule has 0 N–H and O–H groups in total. The summed E-state index contributed by atoms with van der Waals surface area (Å²) in [6.07, 6.45) is 1.70. The number of urea groups is 1. The van der Waals surface area contributed by atoms with Gasteiger partial charge in [-0.05, 0) is 36.5 Å². The summed E-state index contributed by atoms with van der Waals surface area (Å²) < 4.78 is 0. The van der Waals surface area contributed by atoms with Gasteiger partial charge in [0.1, 0.15) is 5.54 Å². The van der Waals surface area contributed by atoms with E-state index in [9.17, 15) is 14.4 Å². The molecule has 2 heterocycles. The van der Waals surface area contributed by atoms with Crippen LogP contribution in [0.25, 0.3) is 0 Å². The highest BCUT2D eigenvalue weighted by Crippen LogP contribution is 2.38. The van der Waals surface area contributed by atoms with Crippen LogP contribution in [0.2, 0.25) is 0 Å². The predicted octanol–water partition coefficient (Wildman–Crippen LogP) is 3.32. The van der Waals surface area contributed by atoms with Crippen LogP contribution in [0.5, 0.6) is 0 Å². The minimum atomic E-state index is -0.872. The van der Waals surface area contributed by atoms with Crippen LogP contribution in [0.15, 0.2) is 54.6 Å². The van der Waals surface area contributed by atoms with Crippen molar-refractivity contribution in [1.29, 1.82) is 0 Å². The molecule has 0 radical (unpaired) electrons. The number of amides is 4. The van der Waals surface area contributed by atoms with Gasteiger partial charge in [-0.3, -0.25) is 14.5 Å². The summed E-state index contributed by atoms with van der Waals surface area (Å²) >= 11 is 0. The van der Waals surface area contributed by atoms with Crippen molar-refractivity contribution in [2.24, 2.45) is 0 Å². The van der Waals surface area contributed by atoms with Gasteiger partial charge in [0.25, 0.3) is 11.8 Å². The van der Waals surface area contributed by atoms with E-state index in [1.54, 1.807) is 11.9 Å². The highest BCUT2D eigenvalue weighted by molar-refractivity contribution is 6.07. The lowest BCUT2D eigenvalue weighted by molar-refractivity contribution is -0.134. The van der Waals surface area contributed by atoms with Crippen molar-refractivity contribution in [2.45, 2.75) is 38.3 Å². The monoisotopic (exact) mass is 405 g/mol. The summed E-state index contributed by atoms with van der Waals surface area (Å²) in [6.45, 7) is 3.34. The van der Waals surface area contributed by atoms with Gasteiger partial charge in [0.15, 0.2) is 0 Å². The second-order valence-electron chi connectivity index (χ2n) is 8.05. The number of hydrogen-bond acceptors (Lipinski definition) is 3. The Balaban J connectivity index is 1.55. The molecule has 0 bridgehead atoms. The number of piperidine rings is 1. The van der Waals surface area contributed by atoms with E-state index < -0.39 is 5.54 Å². The van der Waals surface area contributed by atoms with Crippen LogP contribution in [0.1, 0.15) is 41.3 Å². The normalized spacial score (nSPS) is 18.4. The standard InChI is InChI=1S/C24H27N3O3/c1-3-19-11-7-8-12-20(19)21(28)26-15-13-24(14-16-26)22(29)25(2)23(30)27(24)17-18-9-5-4-6-10-18/h4-12H,3,13-17H2,1-2H3. The molecule has 30 heavy (non-hydrogen) atoms. The van der Waals surface area contributed by atoms with Gasteiger partial charge in [-0.15, -0.1) is 0 Å². The van der Waals surface area contributed by atoms with Gasteiger partial charge in [0.05, 0.1) is 0 Å². The Hall–Kier alpha value is -3.15. The summed E-state index contributed by atoms with van der Waals surface area (Å²) in [4.78, 5) is 43.8. The number of aryl methyl sites for hydroxylation is 1. The molecular formula is C24H27N3O3. The number of likely N-dealkylation sites (tertiary alicyclic amines) is 1. The fourth-order valence-corrected chi connectivity index (χ4v) is 4.63. The van der Waals surface area contributed by atoms with Crippen molar-refractivity contribution in [1.82, 2.24) is 14.7 Å². The molecule has 2 aliphatic heterocycles. The van der Waals surface area contributed by atoms with E-state index in [1.165, 1.54) is 4.90 Å². The van der Waals surface area contributed by atoms with Gasteiger partial charge >= 0.3 is 6.03 Å². The molecule has 6 nitrogen and oxygen atoms in total. The third kappa shape index (κ3) is 3.26. The first-order valence-corrected chi connectivity index (χ1v) is 10.5. The van der Waals surface area contributed by atoms with Crippen molar-refractivity contribution in [3.8, 4) is 0 Å². The molecule has 0 saturated carbocycles. The molecule has 4 amide bonds. The number of imide groups is 1. The third-order valence-corrected chi connectivity index (χ3v) is 6.43. The summed E-state index contributed by atoms with van der Waals surface area (Å²) in [5.74, 6) is -0.161. The molecule has 156 valence electrons. The predicted molar refractivity (Wildman–Crippen MR) is 114 cm³/mol. The van der Waals surface area contributed by atoms with Crippen LogP contribution in [-0.4, -0.2) is 58.2 Å². The molecule has 0 unspecified atom stereocenters. The van der Waals surface area contributed by atoms with Gasteiger partial charge in [-0.25, -0.2) is 4.79 Å². The van der Waals surface area contributed by atoms with E-state index in [1.807, 2.05) is 66.4 Å². The number of likely N-dealkylation sites (N-methyl/N-ethyl adjacent to an activating group) is 1. The van der Waals surface area contributed by atoms with Gasteiger partial charge in [-0.2, -0.15) is 0 Å². The maximum Gasteiger partial charge on any atom is 0.327 e. The molecule has 2 fully saturated rings.